The van der Waals surface area contributed by atoms with Gasteiger partial charge >= 0.3 is 0 Å². The Morgan fingerprint density at radius 2 is 2.14 bits per heavy atom. The second-order valence-corrected chi connectivity index (χ2v) is 6.97. The predicted octanol–water partition coefficient (Wildman–Crippen LogP) is 3.32. The number of carbonyl (C=O) groups is 1. The summed E-state index contributed by atoms with van der Waals surface area (Å²) in [5, 5.41) is 7.34. The van der Waals surface area contributed by atoms with Gasteiger partial charge in [-0.25, -0.2) is 4.68 Å². The number of aromatic nitrogens is 2. The van der Waals surface area contributed by atoms with E-state index in [0.29, 0.717) is 12.2 Å². The molecule has 6 nitrogen and oxygen atoms in total. The van der Waals surface area contributed by atoms with E-state index >= 15 is 0 Å². The number of nitrogens with zero attached hydrogens (tertiary/aromatic N) is 2. The molecule has 0 saturated carbocycles. The van der Waals surface area contributed by atoms with Gasteiger partial charge in [-0.2, -0.15) is 5.10 Å². The van der Waals surface area contributed by atoms with Gasteiger partial charge in [0.1, 0.15) is 5.75 Å². The number of rotatable bonds is 8. The van der Waals surface area contributed by atoms with Crippen LogP contribution in [0.15, 0.2) is 52.8 Å². The highest BCUT2D eigenvalue weighted by Gasteiger charge is 2.08. The quantitative estimate of drug-likeness (QED) is 0.712. The third-order valence-corrected chi connectivity index (χ3v) is 4.94. The molecule has 0 unspecified atom stereocenters. The molecule has 0 fully saturated rings. The van der Waals surface area contributed by atoms with Gasteiger partial charge in [0.15, 0.2) is 0 Å². The first-order valence-electron chi connectivity index (χ1n) is 9.83. The monoisotopic (exact) mass is 381 g/mol. The zero-order valence-corrected chi connectivity index (χ0v) is 16.3. The van der Waals surface area contributed by atoms with Crippen LogP contribution in [0.5, 0.6) is 5.75 Å². The lowest BCUT2D eigenvalue weighted by Crippen LogP contribution is -2.29. The van der Waals surface area contributed by atoms with E-state index in [9.17, 15) is 9.59 Å². The molecule has 1 heterocycles. The largest absolute Gasteiger partial charge is 0.497 e. The molecule has 6 heteroatoms. The molecule has 1 N–H and O–H groups in total. The number of amides is 1. The van der Waals surface area contributed by atoms with Gasteiger partial charge in [0.05, 0.1) is 19.3 Å². The van der Waals surface area contributed by atoms with Crippen molar-refractivity contribution in [2.75, 3.05) is 13.7 Å². The predicted molar refractivity (Wildman–Crippen MR) is 109 cm³/mol. The number of hydrogen-bond donors (Lipinski definition) is 1. The summed E-state index contributed by atoms with van der Waals surface area (Å²) in [6, 6.07) is 10.7. The molecule has 2 aromatic rings. The first-order valence-corrected chi connectivity index (χ1v) is 9.83. The van der Waals surface area contributed by atoms with Crippen LogP contribution in [-0.2, 0) is 11.3 Å². The van der Waals surface area contributed by atoms with Gasteiger partial charge in [-0.05, 0) is 50.3 Å². The SMILES string of the molecule is COc1cccc(-c2ccc(=O)n(CCC(=O)NCCC3=CCCCC3)n2)c1. The molecular formula is C22H27N3O3. The first-order chi connectivity index (χ1) is 13.7. The highest BCUT2D eigenvalue weighted by atomic mass is 16.5. The molecule has 148 valence electrons. The fourth-order valence-electron chi connectivity index (χ4n) is 3.34. The van der Waals surface area contributed by atoms with Crippen molar-refractivity contribution in [2.24, 2.45) is 0 Å². The topological polar surface area (TPSA) is 73.2 Å². The van der Waals surface area contributed by atoms with Crippen molar-refractivity contribution in [1.82, 2.24) is 15.1 Å². The maximum absolute atomic E-state index is 12.1. The van der Waals surface area contributed by atoms with Crippen LogP contribution in [0.1, 0.15) is 38.5 Å². The molecule has 1 amide bonds. The summed E-state index contributed by atoms with van der Waals surface area (Å²) in [5.74, 6) is 0.668. The van der Waals surface area contributed by atoms with Crippen LogP contribution in [0.4, 0.5) is 0 Å². The first kappa shape index (κ1) is 19.9. The summed E-state index contributed by atoms with van der Waals surface area (Å²) in [7, 11) is 1.61. The highest BCUT2D eigenvalue weighted by Crippen LogP contribution is 2.21. The van der Waals surface area contributed by atoms with Crippen molar-refractivity contribution >= 4 is 5.91 Å². The molecule has 1 aliphatic rings. The number of ether oxygens (including phenoxy) is 1. The van der Waals surface area contributed by atoms with Crippen LogP contribution < -0.4 is 15.6 Å². The van der Waals surface area contributed by atoms with Crippen molar-refractivity contribution in [2.45, 2.75) is 45.1 Å². The summed E-state index contributed by atoms with van der Waals surface area (Å²) < 4.78 is 6.58. The molecule has 0 saturated heterocycles. The standard InChI is InChI=1S/C22H27N3O3/c1-28-19-9-5-8-18(16-19)20-10-11-22(27)25(24-20)15-13-21(26)23-14-12-17-6-3-2-4-7-17/h5-6,8-11,16H,2-4,7,12-15H2,1H3,(H,23,26). The highest BCUT2D eigenvalue weighted by molar-refractivity contribution is 5.75. The number of allylic oxidation sites excluding steroid dienone is 1. The van der Waals surface area contributed by atoms with Crippen LogP contribution in [0.2, 0.25) is 0 Å². The molecule has 0 aliphatic heterocycles. The number of aryl methyl sites for hydroxylation is 1. The average molecular weight is 381 g/mol. The minimum absolute atomic E-state index is 0.0584. The molecule has 1 aromatic carbocycles. The summed E-state index contributed by atoms with van der Waals surface area (Å²) in [5.41, 5.74) is 2.75. The third-order valence-electron chi connectivity index (χ3n) is 4.94. The number of hydrogen-bond acceptors (Lipinski definition) is 4. The van der Waals surface area contributed by atoms with E-state index in [4.69, 9.17) is 4.74 Å². The minimum atomic E-state index is -0.216. The molecule has 0 bridgehead atoms. The third kappa shape index (κ3) is 5.55. The second-order valence-electron chi connectivity index (χ2n) is 6.97. The summed E-state index contributed by atoms with van der Waals surface area (Å²) in [4.78, 5) is 24.2. The van der Waals surface area contributed by atoms with Crippen LogP contribution in [0.25, 0.3) is 11.3 Å². The number of carbonyl (C=O) groups excluding carboxylic acids is 1. The van der Waals surface area contributed by atoms with Crippen molar-refractivity contribution < 1.29 is 9.53 Å². The molecule has 3 rings (SSSR count). The molecular weight excluding hydrogens is 354 g/mol. The average Bonchev–Trinajstić information content (AvgIpc) is 2.74. The van der Waals surface area contributed by atoms with E-state index in [1.165, 1.54) is 29.2 Å². The Kier molecular flexibility index (Phi) is 7.00. The molecule has 0 atom stereocenters. The summed E-state index contributed by atoms with van der Waals surface area (Å²) in [6.07, 6.45) is 8.25. The van der Waals surface area contributed by atoms with Gasteiger partial charge in [0, 0.05) is 24.6 Å². The van der Waals surface area contributed by atoms with Crippen molar-refractivity contribution in [3.05, 3.63) is 58.4 Å². The number of benzene rings is 1. The van der Waals surface area contributed by atoms with E-state index < -0.39 is 0 Å². The van der Waals surface area contributed by atoms with Crippen molar-refractivity contribution in [1.29, 1.82) is 0 Å². The van der Waals surface area contributed by atoms with Crippen LogP contribution >= 0.6 is 0 Å². The minimum Gasteiger partial charge on any atom is -0.497 e. The normalized spacial score (nSPS) is 13.7. The lowest BCUT2D eigenvalue weighted by atomic mass is 9.97. The lowest BCUT2D eigenvalue weighted by Gasteiger charge is -2.13. The fourth-order valence-corrected chi connectivity index (χ4v) is 3.34. The number of methoxy groups -OCH3 is 1. The maximum Gasteiger partial charge on any atom is 0.266 e. The van der Waals surface area contributed by atoms with Crippen LogP contribution in [-0.4, -0.2) is 29.3 Å². The number of nitrogens with one attached hydrogen (secondary N) is 1. The van der Waals surface area contributed by atoms with Gasteiger partial charge < -0.3 is 10.1 Å². The molecule has 28 heavy (non-hydrogen) atoms. The van der Waals surface area contributed by atoms with Gasteiger partial charge in [-0.15, -0.1) is 0 Å². The zero-order chi connectivity index (χ0) is 19.8. The summed E-state index contributed by atoms with van der Waals surface area (Å²) in [6.45, 7) is 0.905. The van der Waals surface area contributed by atoms with E-state index in [2.05, 4.69) is 16.5 Å². The molecule has 0 radical (unpaired) electrons. The fraction of sp³-hybridized carbons (Fsp3) is 0.409. The Balaban J connectivity index is 1.55. The Labute approximate surface area is 165 Å². The maximum atomic E-state index is 12.1. The van der Waals surface area contributed by atoms with Crippen molar-refractivity contribution in [3.63, 3.8) is 0 Å². The van der Waals surface area contributed by atoms with Gasteiger partial charge in [0.2, 0.25) is 5.91 Å². The van der Waals surface area contributed by atoms with Crippen LogP contribution in [0.3, 0.4) is 0 Å². The van der Waals surface area contributed by atoms with Crippen molar-refractivity contribution in [3.8, 4) is 17.0 Å². The van der Waals surface area contributed by atoms with E-state index in [0.717, 1.165) is 30.6 Å². The molecule has 1 aliphatic carbocycles. The summed E-state index contributed by atoms with van der Waals surface area (Å²) >= 11 is 0. The van der Waals surface area contributed by atoms with Gasteiger partial charge in [-0.3, -0.25) is 9.59 Å². The van der Waals surface area contributed by atoms with Gasteiger partial charge in [-0.1, -0.05) is 23.8 Å². The van der Waals surface area contributed by atoms with E-state index in [1.807, 2.05) is 24.3 Å². The second kappa shape index (κ2) is 9.88. The Hall–Kier alpha value is -2.89. The zero-order valence-electron chi connectivity index (χ0n) is 16.3. The Bertz CT molecular complexity index is 902. The molecule has 1 aromatic heterocycles. The Morgan fingerprint density at radius 1 is 1.25 bits per heavy atom. The smallest absolute Gasteiger partial charge is 0.266 e. The lowest BCUT2D eigenvalue weighted by molar-refractivity contribution is -0.121. The molecule has 0 spiro atoms. The van der Waals surface area contributed by atoms with E-state index in [1.54, 1.807) is 13.2 Å². The van der Waals surface area contributed by atoms with Gasteiger partial charge in [0.25, 0.3) is 5.56 Å². The Morgan fingerprint density at radius 3 is 2.93 bits per heavy atom. The van der Waals surface area contributed by atoms with Crippen LogP contribution in [0, 0.1) is 0 Å². The van der Waals surface area contributed by atoms with E-state index in [-0.39, 0.29) is 24.4 Å².